The number of halogens is 2. The topological polar surface area (TPSA) is 66.5 Å². The molecule has 2 aromatic carbocycles. The molecular formula is C19H22F2N2O3S. The standard InChI is InChI=1S/C19H22F2N2O3S/c1-4-14-5-7-15(8-6-14)13(2)22-19(24)12-23(27(3,25)26)18-10-9-16(20)11-17(18)21/h5-11,13H,4,12H2,1-3H3,(H,22,24)/t13-/m1/s1. The van der Waals surface area contributed by atoms with Gasteiger partial charge in [0.2, 0.25) is 15.9 Å². The molecule has 0 aliphatic carbocycles. The Hall–Kier alpha value is -2.48. The van der Waals surface area contributed by atoms with Gasteiger partial charge in [-0.1, -0.05) is 31.2 Å². The first-order chi connectivity index (χ1) is 12.6. The molecule has 1 atom stereocenters. The van der Waals surface area contributed by atoms with E-state index < -0.39 is 34.1 Å². The van der Waals surface area contributed by atoms with E-state index in [1.54, 1.807) is 6.92 Å². The normalized spacial score (nSPS) is 12.5. The van der Waals surface area contributed by atoms with E-state index in [0.717, 1.165) is 35.9 Å². The summed E-state index contributed by atoms with van der Waals surface area (Å²) < 4.78 is 51.7. The average molecular weight is 396 g/mol. The van der Waals surface area contributed by atoms with Crippen LogP contribution in [0.15, 0.2) is 42.5 Å². The van der Waals surface area contributed by atoms with Gasteiger partial charge in [-0.05, 0) is 36.6 Å². The number of nitrogens with one attached hydrogen (secondary N) is 1. The molecule has 1 amide bonds. The van der Waals surface area contributed by atoms with Crippen LogP contribution in [0.3, 0.4) is 0 Å². The first-order valence-electron chi connectivity index (χ1n) is 8.42. The second-order valence-corrected chi connectivity index (χ2v) is 8.16. The van der Waals surface area contributed by atoms with Crippen molar-refractivity contribution in [3.63, 3.8) is 0 Å². The lowest BCUT2D eigenvalue weighted by Gasteiger charge is -2.23. The van der Waals surface area contributed by atoms with Crippen LogP contribution in [0, 0.1) is 11.6 Å². The molecule has 5 nitrogen and oxygen atoms in total. The average Bonchev–Trinajstić information content (AvgIpc) is 2.59. The van der Waals surface area contributed by atoms with E-state index in [4.69, 9.17) is 0 Å². The van der Waals surface area contributed by atoms with Crippen molar-refractivity contribution in [3.05, 3.63) is 65.2 Å². The minimum absolute atomic E-state index is 0.358. The van der Waals surface area contributed by atoms with E-state index >= 15 is 0 Å². The lowest BCUT2D eigenvalue weighted by atomic mass is 10.1. The first kappa shape index (κ1) is 20.8. The molecule has 0 saturated heterocycles. The molecule has 1 N–H and O–H groups in total. The van der Waals surface area contributed by atoms with Crippen LogP contribution in [0.2, 0.25) is 0 Å². The third-order valence-corrected chi connectivity index (χ3v) is 5.26. The Morgan fingerprint density at radius 2 is 1.78 bits per heavy atom. The maximum atomic E-state index is 14.0. The zero-order valence-electron chi connectivity index (χ0n) is 15.4. The van der Waals surface area contributed by atoms with E-state index in [-0.39, 0.29) is 11.7 Å². The fourth-order valence-corrected chi connectivity index (χ4v) is 3.46. The molecular weight excluding hydrogens is 374 g/mol. The minimum Gasteiger partial charge on any atom is -0.348 e. The first-order valence-corrected chi connectivity index (χ1v) is 10.3. The van der Waals surface area contributed by atoms with Gasteiger partial charge in [0, 0.05) is 6.07 Å². The highest BCUT2D eigenvalue weighted by molar-refractivity contribution is 7.92. The monoisotopic (exact) mass is 396 g/mol. The number of carbonyl (C=O) groups excluding carboxylic acids is 1. The lowest BCUT2D eigenvalue weighted by Crippen LogP contribution is -2.41. The number of anilines is 1. The summed E-state index contributed by atoms with van der Waals surface area (Å²) in [6.45, 7) is 3.19. The Labute approximate surface area is 158 Å². The maximum Gasteiger partial charge on any atom is 0.241 e. The van der Waals surface area contributed by atoms with Crippen LogP contribution in [-0.2, 0) is 21.2 Å². The van der Waals surface area contributed by atoms with Crippen LogP contribution in [-0.4, -0.2) is 27.1 Å². The predicted molar refractivity (Wildman–Crippen MR) is 101 cm³/mol. The molecule has 0 fully saturated rings. The van der Waals surface area contributed by atoms with Crippen molar-refractivity contribution in [1.82, 2.24) is 5.32 Å². The van der Waals surface area contributed by atoms with Crippen molar-refractivity contribution >= 4 is 21.6 Å². The summed E-state index contributed by atoms with van der Waals surface area (Å²) in [5, 5.41) is 2.70. The van der Waals surface area contributed by atoms with E-state index in [0.29, 0.717) is 10.4 Å². The highest BCUT2D eigenvalue weighted by Gasteiger charge is 2.24. The highest BCUT2D eigenvalue weighted by atomic mass is 32.2. The molecule has 27 heavy (non-hydrogen) atoms. The van der Waals surface area contributed by atoms with Crippen molar-refractivity contribution in [2.45, 2.75) is 26.3 Å². The van der Waals surface area contributed by atoms with Gasteiger partial charge in [-0.3, -0.25) is 9.10 Å². The molecule has 8 heteroatoms. The number of hydrogen-bond donors (Lipinski definition) is 1. The molecule has 0 spiro atoms. The van der Waals surface area contributed by atoms with Crippen molar-refractivity contribution in [3.8, 4) is 0 Å². The lowest BCUT2D eigenvalue weighted by molar-refractivity contribution is -0.120. The van der Waals surface area contributed by atoms with Gasteiger partial charge in [0.05, 0.1) is 18.0 Å². The molecule has 0 unspecified atom stereocenters. The molecule has 0 heterocycles. The van der Waals surface area contributed by atoms with Gasteiger partial charge in [-0.15, -0.1) is 0 Å². The molecule has 0 aromatic heterocycles. The molecule has 0 bridgehead atoms. The molecule has 146 valence electrons. The van der Waals surface area contributed by atoms with Crippen LogP contribution in [0.25, 0.3) is 0 Å². The quantitative estimate of drug-likeness (QED) is 0.782. The van der Waals surface area contributed by atoms with Crippen LogP contribution >= 0.6 is 0 Å². The fourth-order valence-electron chi connectivity index (χ4n) is 2.61. The van der Waals surface area contributed by atoms with E-state index in [1.165, 1.54) is 0 Å². The number of rotatable bonds is 7. The van der Waals surface area contributed by atoms with Crippen molar-refractivity contribution in [2.75, 3.05) is 17.1 Å². The highest BCUT2D eigenvalue weighted by Crippen LogP contribution is 2.22. The van der Waals surface area contributed by atoms with Crippen LogP contribution in [0.1, 0.15) is 31.0 Å². The Morgan fingerprint density at radius 3 is 2.30 bits per heavy atom. The Kier molecular flexibility index (Phi) is 6.54. The summed E-state index contributed by atoms with van der Waals surface area (Å²) in [6.07, 6.45) is 1.75. The number of carbonyl (C=O) groups is 1. The summed E-state index contributed by atoms with van der Waals surface area (Å²) >= 11 is 0. The van der Waals surface area contributed by atoms with Crippen LogP contribution < -0.4 is 9.62 Å². The van der Waals surface area contributed by atoms with Gasteiger partial charge in [0.25, 0.3) is 0 Å². The molecule has 0 saturated carbocycles. The third-order valence-electron chi connectivity index (χ3n) is 4.13. The molecule has 2 rings (SSSR count). The number of hydrogen-bond acceptors (Lipinski definition) is 3. The SMILES string of the molecule is CCc1ccc([C@@H](C)NC(=O)CN(c2ccc(F)cc2F)S(C)(=O)=O)cc1. The van der Waals surface area contributed by atoms with Gasteiger partial charge >= 0.3 is 0 Å². The van der Waals surface area contributed by atoms with Gasteiger partial charge in [-0.25, -0.2) is 17.2 Å². The minimum atomic E-state index is -3.95. The fraction of sp³-hybridized carbons (Fsp3) is 0.316. The molecule has 0 radical (unpaired) electrons. The number of aryl methyl sites for hydroxylation is 1. The summed E-state index contributed by atoms with van der Waals surface area (Å²) in [7, 11) is -3.95. The second-order valence-electron chi connectivity index (χ2n) is 6.25. The Balaban J connectivity index is 2.16. The summed E-state index contributed by atoms with van der Waals surface area (Å²) in [5.41, 5.74) is 1.64. The molecule has 2 aromatic rings. The van der Waals surface area contributed by atoms with Gasteiger partial charge < -0.3 is 5.32 Å². The largest absolute Gasteiger partial charge is 0.348 e. The maximum absolute atomic E-state index is 14.0. The number of amides is 1. The van der Waals surface area contributed by atoms with Gasteiger partial charge in [0.15, 0.2) is 0 Å². The Morgan fingerprint density at radius 1 is 1.15 bits per heavy atom. The van der Waals surface area contributed by atoms with Crippen LogP contribution in [0.5, 0.6) is 0 Å². The van der Waals surface area contributed by atoms with Crippen LogP contribution in [0.4, 0.5) is 14.5 Å². The van der Waals surface area contributed by atoms with Gasteiger partial charge in [-0.2, -0.15) is 0 Å². The van der Waals surface area contributed by atoms with Crippen molar-refractivity contribution < 1.29 is 22.0 Å². The van der Waals surface area contributed by atoms with E-state index in [9.17, 15) is 22.0 Å². The van der Waals surface area contributed by atoms with Crippen molar-refractivity contribution in [2.24, 2.45) is 0 Å². The zero-order chi connectivity index (χ0) is 20.2. The summed E-state index contributed by atoms with van der Waals surface area (Å²) in [4.78, 5) is 12.3. The molecule has 0 aliphatic rings. The summed E-state index contributed by atoms with van der Waals surface area (Å²) in [6, 6.07) is 9.82. The van der Waals surface area contributed by atoms with E-state index in [2.05, 4.69) is 5.32 Å². The number of sulfonamides is 1. The predicted octanol–water partition coefficient (Wildman–Crippen LogP) is 3.17. The van der Waals surface area contributed by atoms with Gasteiger partial charge in [0.1, 0.15) is 18.2 Å². The number of nitrogens with zero attached hydrogens (tertiary/aromatic N) is 1. The smallest absolute Gasteiger partial charge is 0.241 e. The zero-order valence-corrected chi connectivity index (χ0v) is 16.2. The summed E-state index contributed by atoms with van der Waals surface area (Å²) in [5.74, 6) is -2.49. The van der Waals surface area contributed by atoms with Crippen molar-refractivity contribution in [1.29, 1.82) is 0 Å². The molecule has 0 aliphatic heterocycles. The third kappa shape index (κ3) is 5.50. The Bertz CT molecular complexity index is 915. The second kappa shape index (κ2) is 8.47. The number of benzene rings is 2. The van der Waals surface area contributed by atoms with E-state index in [1.807, 2.05) is 31.2 Å².